The number of nitrogens with zero attached hydrogens (tertiary/aromatic N) is 2. The molecule has 0 fully saturated rings. The Morgan fingerprint density at radius 1 is 1.21 bits per heavy atom. The number of anilines is 1. The van der Waals surface area contributed by atoms with Crippen molar-refractivity contribution in [3.8, 4) is 0 Å². The fourth-order valence-corrected chi connectivity index (χ4v) is 1.06. The van der Waals surface area contributed by atoms with Gasteiger partial charge in [0.05, 0.1) is 0 Å². The summed E-state index contributed by atoms with van der Waals surface area (Å²) in [6.07, 6.45) is -1.32. The van der Waals surface area contributed by atoms with E-state index in [1.807, 2.05) is 19.0 Å². The van der Waals surface area contributed by atoms with Crippen molar-refractivity contribution in [3.05, 3.63) is 24.5 Å². The van der Waals surface area contributed by atoms with Crippen LogP contribution in [0.2, 0.25) is 0 Å². The molecule has 1 heterocycles. The summed E-state index contributed by atoms with van der Waals surface area (Å²) in [5.41, 5.74) is 0.878. The molecule has 0 spiro atoms. The predicted molar refractivity (Wildman–Crippen MR) is 47.0 cm³/mol. The second kappa shape index (κ2) is 3.86. The van der Waals surface area contributed by atoms with Crippen LogP contribution in [0.5, 0.6) is 0 Å². The molecule has 5 heteroatoms. The highest BCUT2D eigenvalue weighted by molar-refractivity contribution is 5.41. The first-order chi connectivity index (χ1) is 6.38. The van der Waals surface area contributed by atoms with Gasteiger partial charge in [-0.1, -0.05) is 0 Å². The van der Waals surface area contributed by atoms with Crippen molar-refractivity contribution >= 4 is 5.69 Å². The third kappa shape index (κ3) is 3.24. The first-order valence-corrected chi connectivity index (χ1v) is 4.12. The Labute approximate surface area is 80.6 Å². The minimum Gasteiger partial charge on any atom is -0.377 e. The lowest BCUT2D eigenvalue weighted by Gasteiger charge is -2.10. The zero-order chi connectivity index (χ0) is 10.8. The van der Waals surface area contributed by atoms with Gasteiger partial charge in [0.2, 0.25) is 6.54 Å². The van der Waals surface area contributed by atoms with Crippen LogP contribution in [-0.4, -0.2) is 20.3 Å². The molecule has 0 saturated heterocycles. The summed E-state index contributed by atoms with van der Waals surface area (Å²) in [6, 6.07) is 3.29. The number of halogens is 3. The summed E-state index contributed by atoms with van der Waals surface area (Å²) in [7, 11) is 3.67. The van der Waals surface area contributed by atoms with E-state index in [1.165, 1.54) is 12.4 Å². The van der Waals surface area contributed by atoms with Gasteiger partial charge >= 0.3 is 6.18 Å². The molecule has 2 nitrogen and oxygen atoms in total. The van der Waals surface area contributed by atoms with Crippen molar-refractivity contribution < 1.29 is 17.7 Å². The minimum atomic E-state index is -4.16. The van der Waals surface area contributed by atoms with Crippen LogP contribution >= 0.6 is 0 Å². The topological polar surface area (TPSA) is 7.12 Å². The predicted octanol–water partition coefficient (Wildman–Crippen LogP) is 1.60. The van der Waals surface area contributed by atoms with Crippen LogP contribution in [0.3, 0.4) is 0 Å². The Bertz CT molecular complexity index is 290. The van der Waals surface area contributed by atoms with Crippen LogP contribution in [-0.2, 0) is 6.54 Å². The quantitative estimate of drug-likeness (QED) is 0.665. The van der Waals surface area contributed by atoms with Gasteiger partial charge in [-0.3, -0.25) is 0 Å². The molecular weight excluding hydrogens is 193 g/mol. The van der Waals surface area contributed by atoms with Gasteiger partial charge in [0, 0.05) is 31.9 Å². The maximum atomic E-state index is 12.0. The molecule has 0 unspecified atom stereocenters. The fraction of sp³-hybridized carbons (Fsp3) is 0.444. The van der Waals surface area contributed by atoms with Gasteiger partial charge in [-0.2, -0.15) is 17.7 Å². The second-order valence-corrected chi connectivity index (χ2v) is 3.24. The summed E-state index contributed by atoms with van der Waals surface area (Å²) in [4.78, 5) is 1.83. The van der Waals surface area contributed by atoms with Crippen LogP contribution < -0.4 is 9.47 Å². The summed E-state index contributed by atoms with van der Waals surface area (Å²) in [5.74, 6) is 0. The molecule has 0 amide bonds. The first-order valence-electron chi connectivity index (χ1n) is 4.12. The molecule has 0 saturated carbocycles. The van der Waals surface area contributed by atoms with E-state index in [0.29, 0.717) is 0 Å². The normalized spacial score (nSPS) is 11.5. The molecule has 0 radical (unpaired) electrons. The number of aromatic nitrogens is 1. The number of alkyl halides is 3. The first kappa shape index (κ1) is 10.8. The van der Waals surface area contributed by atoms with E-state index in [9.17, 15) is 13.2 Å². The smallest absolute Gasteiger partial charge is 0.377 e. The number of hydrogen-bond donors (Lipinski definition) is 0. The van der Waals surface area contributed by atoms with Gasteiger partial charge in [-0.05, 0) is 0 Å². The Morgan fingerprint density at radius 3 is 2.07 bits per heavy atom. The summed E-state index contributed by atoms with van der Waals surface area (Å²) >= 11 is 0. The van der Waals surface area contributed by atoms with Crippen LogP contribution in [0.1, 0.15) is 0 Å². The molecule has 0 aliphatic carbocycles. The third-order valence-corrected chi connectivity index (χ3v) is 1.75. The van der Waals surface area contributed by atoms with E-state index in [1.54, 1.807) is 12.1 Å². The van der Waals surface area contributed by atoms with Gasteiger partial charge in [0.15, 0.2) is 12.4 Å². The number of hydrogen-bond acceptors (Lipinski definition) is 1. The zero-order valence-corrected chi connectivity index (χ0v) is 8.04. The SMILES string of the molecule is CN(C)c1cc[n+](CC(F)(F)F)cc1. The molecular formula is C9H12F3N2+. The van der Waals surface area contributed by atoms with Gasteiger partial charge in [0.1, 0.15) is 0 Å². The fourth-order valence-electron chi connectivity index (χ4n) is 1.06. The highest BCUT2D eigenvalue weighted by Crippen LogP contribution is 2.14. The Morgan fingerprint density at radius 2 is 1.71 bits per heavy atom. The molecule has 0 bridgehead atoms. The molecule has 14 heavy (non-hydrogen) atoms. The van der Waals surface area contributed by atoms with Gasteiger partial charge < -0.3 is 4.90 Å². The maximum absolute atomic E-state index is 12.0. The average molecular weight is 205 g/mol. The monoisotopic (exact) mass is 205 g/mol. The van der Waals surface area contributed by atoms with Gasteiger partial charge in [-0.15, -0.1) is 0 Å². The molecule has 0 aromatic carbocycles. The molecule has 0 atom stereocenters. The highest BCUT2D eigenvalue weighted by Gasteiger charge is 2.33. The van der Waals surface area contributed by atoms with E-state index in [0.717, 1.165) is 10.3 Å². The Hall–Kier alpha value is -1.26. The van der Waals surface area contributed by atoms with Crippen LogP contribution in [0.25, 0.3) is 0 Å². The summed E-state index contributed by atoms with van der Waals surface area (Å²) in [5, 5.41) is 0. The van der Waals surface area contributed by atoms with Crippen LogP contribution in [0.4, 0.5) is 18.9 Å². The molecule has 1 rings (SSSR count). The Kier molecular flexibility index (Phi) is 2.98. The van der Waals surface area contributed by atoms with Crippen molar-refractivity contribution in [2.75, 3.05) is 19.0 Å². The Balaban J connectivity index is 2.74. The lowest BCUT2D eigenvalue weighted by Crippen LogP contribution is -2.40. The van der Waals surface area contributed by atoms with Crippen molar-refractivity contribution in [2.24, 2.45) is 0 Å². The minimum absolute atomic E-state index is 0.878. The number of rotatable bonds is 2. The van der Waals surface area contributed by atoms with E-state index in [-0.39, 0.29) is 0 Å². The number of pyridine rings is 1. The van der Waals surface area contributed by atoms with Crippen molar-refractivity contribution in [1.29, 1.82) is 0 Å². The van der Waals surface area contributed by atoms with Gasteiger partial charge in [-0.25, -0.2) is 0 Å². The molecule has 1 aromatic rings. The summed E-state index contributed by atoms with van der Waals surface area (Å²) in [6.45, 7) is -0.944. The highest BCUT2D eigenvalue weighted by atomic mass is 19.4. The van der Waals surface area contributed by atoms with Crippen LogP contribution in [0.15, 0.2) is 24.5 Å². The van der Waals surface area contributed by atoms with E-state index >= 15 is 0 Å². The van der Waals surface area contributed by atoms with Crippen molar-refractivity contribution in [1.82, 2.24) is 0 Å². The lowest BCUT2D eigenvalue weighted by molar-refractivity contribution is -0.719. The largest absolute Gasteiger partial charge is 0.448 e. The van der Waals surface area contributed by atoms with Crippen molar-refractivity contribution in [3.63, 3.8) is 0 Å². The second-order valence-electron chi connectivity index (χ2n) is 3.24. The molecule has 0 aliphatic heterocycles. The lowest BCUT2D eigenvalue weighted by atomic mass is 10.4. The molecule has 78 valence electrons. The van der Waals surface area contributed by atoms with E-state index < -0.39 is 12.7 Å². The van der Waals surface area contributed by atoms with Crippen molar-refractivity contribution in [2.45, 2.75) is 12.7 Å². The summed E-state index contributed by atoms with van der Waals surface area (Å²) < 4.78 is 37.0. The van der Waals surface area contributed by atoms with E-state index in [2.05, 4.69) is 0 Å². The third-order valence-electron chi connectivity index (χ3n) is 1.75. The van der Waals surface area contributed by atoms with E-state index in [4.69, 9.17) is 0 Å². The average Bonchev–Trinajstić information content (AvgIpc) is 2.02. The van der Waals surface area contributed by atoms with Gasteiger partial charge in [0.25, 0.3) is 0 Å². The van der Waals surface area contributed by atoms with Crippen LogP contribution in [0, 0.1) is 0 Å². The molecule has 1 aromatic heterocycles. The maximum Gasteiger partial charge on any atom is 0.448 e. The molecule has 0 aliphatic rings. The molecule has 0 N–H and O–H groups in total. The zero-order valence-electron chi connectivity index (χ0n) is 8.04. The standard InChI is InChI=1S/C9H12F3N2/c1-13(2)8-3-5-14(6-4-8)7-9(10,11)12/h3-6H,7H2,1-2H3/q+1.